The van der Waals surface area contributed by atoms with E-state index in [-0.39, 0.29) is 24.3 Å². The molecule has 9 nitrogen and oxygen atoms in total. The first kappa shape index (κ1) is 17.5. The highest BCUT2D eigenvalue weighted by atomic mass is 16.5. The molecule has 142 valence electrons. The normalized spacial score (nSPS) is 17.6. The maximum atomic E-state index is 12.5. The van der Waals surface area contributed by atoms with Gasteiger partial charge in [-0.05, 0) is 32.2 Å². The number of hydrogen-bond acceptors (Lipinski definition) is 7. The zero-order chi connectivity index (χ0) is 19.0. The van der Waals surface area contributed by atoms with Crippen molar-refractivity contribution < 1.29 is 18.8 Å². The van der Waals surface area contributed by atoms with Gasteiger partial charge in [0.05, 0.1) is 5.69 Å². The van der Waals surface area contributed by atoms with E-state index in [0.717, 1.165) is 18.8 Å². The van der Waals surface area contributed by atoms with Crippen molar-refractivity contribution in [2.75, 3.05) is 51.3 Å². The fraction of sp³-hybridized carbons (Fsp3) is 0.444. The Bertz CT molecular complexity index is 872. The van der Waals surface area contributed by atoms with Crippen molar-refractivity contribution in [3.05, 3.63) is 24.1 Å². The third-order valence-corrected chi connectivity index (χ3v) is 4.88. The van der Waals surface area contributed by atoms with E-state index in [4.69, 9.17) is 9.26 Å². The van der Waals surface area contributed by atoms with E-state index in [2.05, 4.69) is 15.0 Å². The van der Waals surface area contributed by atoms with E-state index in [1.54, 1.807) is 28.0 Å². The molecule has 2 aliphatic rings. The molecule has 0 N–H and O–H groups in total. The molecule has 1 fully saturated rings. The van der Waals surface area contributed by atoms with Gasteiger partial charge in [-0.25, -0.2) is 0 Å². The van der Waals surface area contributed by atoms with Crippen LogP contribution >= 0.6 is 0 Å². The zero-order valence-electron chi connectivity index (χ0n) is 15.3. The van der Waals surface area contributed by atoms with Crippen LogP contribution in [0.4, 0.5) is 5.69 Å². The molecule has 0 bridgehead atoms. The summed E-state index contributed by atoms with van der Waals surface area (Å²) in [6.07, 6.45) is 0. The van der Waals surface area contributed by atoms with E-state index in [1.165, 1.54) is 0 Å². The van der Waals surface area contributed by atoms with Gasteiger partial charge in [0.2, 0.25) is 5.82 Å². The van der Waals surface area contributed by atoms with E-state index in [9.17, 15) is 9.59 Å². The lowest BCUT2D eigenvalue weighted by Crippen LogP contribution is -2.47. The van der Waals surface area contributed by atoms with E-state index < -0.39 is 0 Å². The van der Waals surface area contributed by atoms with Gasteiger partial charge in [0, 0.05) is 38.3 Å². The third-order valence-electron chi connectivity index (χ3n) is 4.88. The summed E-state index contributed by atoms with van der Waals surface area (Å²) < 4.78 is 10.7. The van der Waals surface area contributed by atoms with Crippen LogP contribution < -0.4 is 9.64 Å². The first-order valence-electron chi connectivity index (χ1n) is 8.96. The van der Waals surface area contributed by atoms with Gasteiger partial charge in [-0.2, -0.15) is 4.98 Å². The maximum absolute atomic E-state index is 12.5. The molecular formula is C18H21N5O4. The Labute approximate surface area is 156 Å². The van der Waals surface area contributed by atoms with Crippen LogP contribution in [0.3, 0.4) is 0 Å². The number of amides is 2. The molecule has 9 heteroatoms. The van der Waals surface area contributed by atoms with Crippen LogP contribution in [0.1, 0.15) is 17.6 Å². The number of piperazine rings is 1. The number of carbonyl (C=O) groups is 2. The van der Waals surface area contributed by atoms with E-state index in [1.807, 2.05) is 14.0 Å². The topological polar surface area (TPSA) is 92.0 Å². The number of carbonyl (C=O) groups excluding carboxylic acids is 2. The predicted octanol–water partition coefficient (Wildman–Crippen LogP) is 0.870. The molecule has 3 heterocycles. The molecule has 1 aromatic carbocycles. The van der Waals surface area contributed by atoms with Gasteiger partial charge >= 0.3 is 11.8 Å². The highest BCUT2D eigenvalue weighted by Gasteiger charge is 2.27. The molecule has 27 heavy (non-hydrogen) atoms. The van der Waals surface area contributed by atoms with E-state index >= 15 is 0 Å². The molecule has 0 aliphatic carbocycles. The second-order valence-corrected chi connectivity index (χ2v) is 6.63. The lowest BCUT2D eigenvalue weighted by atomic mass is 10.1. The lowest BCUT2D eigenvalue weighted by Gasteiger charge is -2.31. The van der Waals surface area contributed by atoms with Crippen LogP contribution in [0.15, 0.2) is 22.7 Å². The molecule has 0 radical (unpaired) electrons. The average Bonchev–Trinajstić information content (AvgIpc) is 3.18. The Balaban J connectivity index is 1.55. The van der Waals surface area contributed by atoms with Gasteiger partial charge in [-0.3, -0.25) is 9.59 Å². The number of nitrogens with zero attached hydrogens (tertiary/aromatic N) is 5. The molecule has 0 spiro atoms. The molecule has 2 aromatic rings. The van der Waals surface area contributed by atoms with Crippen molar-refractivity contribution in [3.8, 4) is 17.1 Å². The summed E-state index contributed by atoms with van der Waals surface area (Å²) in [5.41, 5.74) is 1.38. The van der Waals surface area contributed by atoms with Gasteiger partial charge in [0.1, 0.15) is 5.75 Å². The molecule has 0 atom stereocenters. The van der Waals surface area contributed by atoms with Crippen LogP contribution in [-0.2, 0) is 4.79 Å². The first-order valence-corrected chi connectivity index (χ1v) is 8.96. The SMILES string of the molecule is CCN1C(=O)COc2cc(-c3noc(C(=O)N4CCN(C)CC4)n3)ccc21. The second-order valence-electron chi connectivity index (χ2n) is 6.63. The van der Waals surface area contributed by atoms with Crippen LogP contribution in [0, 0.1) is 0 Å². The summed E-state index contributed by atoms with van der Waals surface area (Å²) in [6, 6.07) is 5.35. The second kappa shape index (κ2) is 6.99. The molecule has 0 unspecified atom stereocenters. The average molecular weight is 371 g/mol. The quantitative estimate of drug-likeness (QED) is 0.790. The molecule has 2 aliphatic heterocycles. The summed E-state index contributed by atoms with van der Waals surface area (Å²) in [7, 11) is 2.03. The van der Waals surface area contributed by atoms with Crippen molar-refractivity contribution in [1.82, 2.24) is 19.9 Å². The highest BCUT2D eigenvalue weighted by Crippen LogP contribution is 2.35. The van der Waals surface area contributed by atoms with Crippen LogP contribution in [-0.4, -0.2) is 78.1 Å². The fourth-order valence-corrected chi connectivity index (χ4v) is 3.26. The van der Waals surface area contributed by atoms with Crippen molar-refractivity contribution in [3.63, 3.8) is 0 Å². The molecule has 0 saturated carbocycles. The monoisotopic (exact) mass is 371 g/mol. The fourth-order valence-electron chi connectivity index (χ4n) is 3.26. The lowest BCUT2D eigenvalue weighted by molar-refractivity contribution is -0.121. The molecular weight excluding hydrogens is 350 g/mol. The predicted molar refractivity (Wildman–Crippen MR) is 96.7 cm³/mol. The number of likely N-dealkylation sites (N-methyl/N-ethyl adjacent to an activating group) is 2. The number of fused-ring (bicyclic) bond motifs is 1. The molecule has 2 amide bonds. The van der Waals surface area contributed by atoms with Crippen molar-refractivity contribution >= 4 is 17.5 Å². The van der Waals surface area contributed by atoms with Crippen LogP contribution in [0.5, 0.6) is 5.75 Å². The number of anilines is 1. The van der Waals surface area contributed by atoms with Crippen molar-refractivity contribution in [2.24, 2.45) is 0 Å². The number of aromatic nitrogens is 2. The van der Waals surface area contributed by atoms with Crippen molar-refractivity contribution in [2.45, 2.75) is 6.92 Å². The smallest absolute Gasteiger partial charge is 0.316 e. The van der Waals surface area contributed by atoms with Gasteiger partial charge in [-0.1, -0.05) is 5.16 Å². The standard InChI is InChI=1S/C18H21N5O4/c1-3-23-13-5-4-12(10-14(13)26-11-15(23)24)16-19-17(27-20-16)18(25)22-8-6-21(2)7-9-22/h4-5,10H,3,6-9,11H2,1-2H3. The summed E-state index contributed by atoms with van der Waals surface area (Å²) in [5.74, 6) is 0.569. The first-order chi connectivity index (χ1) is 13.1. The zero-order valence-corrected chi connectivity index (χ0v) is 15.3. The minimum absolute atomic E-state index is 0.00365. The molecule has 4 rings (SSSR count). The van der Waals surface area contributed by atoms with Gasteiger partial charge in [-0.15, -0.1) is 0 Å². The number of rotatable bonds is 3. The molecule has 1 aromatic heterocycles. The van der Waals surface area contributed by atoms with Gasteiger partial charge in [0.25, 0.3) is 5.91 Å². The summed E-state index contributed by atoms with van der Waals surface area (Å²) in [6.45, 7) is 5.41. The summed E-state index contributed by atoms with van der Waals surface area (Å²) >= 11 is 0. The van der Waals surface area contributed by atoms with Crippen molar-refractivity contribution in [1.29, 1.82) is 0 Å². The Hall–Kier alpha value is -2.94. The number of benzene rings is 1. The number of hydrogen-bond donors (Lipinski definition) is 0. The van der Waals surface area contributed by atoms with Gasteiger partial charge in [0.15, 0.2) is 6.61 Å². The van der Waals surface area contributed by atoms with E-state index in [0.29, 0.717) is 36.8 Å². The van der Waals surface area contributed by atoms with Crippen LogP contribution in [0.2, 0.25) is 0 Å². The minimum Gasteiger partial charge on any atom is -0.482 e. The summed E-state index contributed by atoms with van der Waals surface area (Å²) in [5, 5.41) is 3.94. The highest BCUT2D eigenvalue weighted by molar-refractivity contribution is 5.98. The van der Waals surface area contributed by atoms with Gasteiger partial charge < -0.3 is 24.0 Å². The third kappa shape index (κ3) is 3.25. The Kier molecular flexibility index (Phi) is 4.53. The minimum atomic E-state index is -0.251. The Morgan fingerprint density at radius 3 is 2.74 bits per heavy atom. The largest absolute Gasteiger partial charge is 0.482 e. The Morgan fingerprint density at radius 1 is 1.22 bits per heavy atom. The number of ether oxygens (including phenoxy) is 1. The van der Waals surface area contributed by atoms with Crippen LogP contribution in [0.25, 0.3) is 11.4 Å². The summed E-state index contributed by atoms with van der Waals surface area (Å²) in [4.78, 5) is 34.3. The Morgan fingerprint density at radius 2 is 2.00 bits per heavy atom. The molecule has 1 saturated heterocycles. The maximum Gasteiger partial charge on any atom is 0.316 e.